The predicted octanol–water partition coefficient (Wildman–Crippen LogP) is 4.71. The molecule has 0 aliphatic heterocycles. The number of nitrogens with one attached hydrogen (secondary N) is 1. The quantitative estimate of drug-likeness (QED) is 0.863. The van der Waals surface area contributed by atoms with E-state index in [4.69, 9.17) is 11.6 Å². The van der Waals surface area contributed by atoms with E-state index in [-0.39, 0.29) is 11.9 Å². The zero-order valence-corrected chi connectivity index (χ0v) is 13.0. The molecule has 0 bridgehead atoms. The lowest BCUT2D eigenvalue weighted by atomic mass is 9.91. The van der Waals surface area contributed by atoms with Crippen LogP contribution in [0.1, 0.15) is 33.9 Å². The molecule has 1 nitrogen and oxygen atoms in total. The lowest BCUT2D eigenvalue weighted by Crippen LogP contribution is -2.20. The van der Waals surface area contributed by atoms with E-state index in [9.17, 15) is 4.39 Å². The Morgan fingerprint density at radius 1 is 0.950 bits per heavy atom. The maximum atomic E-state index is 13.6. The van der Waals surface area contributed by atoms with E-state index in [1.54, 1.807) is 6.07 Å². The van der Waals surface area contributed by atoms with Gasteiger partial charge in [-0.3, -0.25) is 0 Å². The minimum atomic E-state index is -0.214. The minimum absolute atomic E-state index is 0.0401. The summed E-state index contributed by atoms with van der Waals surface area (Å²) in [5.74, 6) is -0.214. The van der Waals surface area contributed by atoms with E-state index >= 15 is 0 Å². The summed E-state index contributed by atoms with van der Waals surface area (Å²) in [7, 11) is 1.89. The molecule has 1 unspecified atom stereocenters. The highest BCUT2D eigenvalue weighted by atomic mass is 35.5. The average molecular weight is 292 g/mol. The van der Waals surface area contributed by atoms with Crippen molar-refractivity contribution in [1.82, 2.24) is 5.32 Å². The second-order valence-electron chi connectivity index (χ2n) is 5.18. The van der Waals surface area contributed by atoms with Crippen molar-refractivity contribution < 1.29 is 4.39 Å². The van der Waals surface area contributed by atoms with Gasteiger partial charge in [0.05, 0.1) is 6.04 Å². The van der Waals surface area contributed by atoms with Crippen LogP contribution in [0.15, 0.2) is 30.3 Å². The van der Waals surface area contributed by atoms with Gasteiger partial charge in [0.25, 0.3) is 0 Å². The summed E-state index contributed by atoms with van der Waals surface area (Å²) in [4.78, 5) is 0. The van der Waals surface area contributed by atoms with Crippen LogP contribution < -0.4 is 5.32 Å². The Hall–Kier alpha value is -1.38. The molecule has 0 radical (unpaired) electrons. The van der Waals surface area contributed by atoms with Crippen LogP contribution >= 0.6 is 11.6 Å². The molecule has 0 aliphatic rings. The molecule has 3 heteroatoms. The molecular weight excluding hydrogens is 273 g/mol. The maximum Gasteiger partial charge on any atom is 0.123 e. The lowest BCUT2D eigenvalue weighted by Gasteiger charge is -2.22. The van der Waals surface area contributed by atoms with E-state index < -0.39 is 0 Å². The van der Waals surface area contributed by atoms with Crippen LogP contribution in [0, 0.1) is 26.6 Å². The van der Waals surface area contributed by atoms with E-state index in [2.05, 4.69) is 11.4 Å². The topological polar surface area (TPSA) is 12.0 Å². The number of aryl methyl sites for hydroxylation is 3. The van der Waals surface area contributed by atoms with Gasteiger partial charge in [-0.2, -0.15) is 0 Å². The molecule has 2 aromatic rings. The molecule has 2 aromatic carbocycles. The summed E-state index contributed by atoms with van der Waals surface area (Å²) in [6, 6.07) is 8.90. The third-order valence-corrected chi connectivity index (χ3v) is 4.11. The molecule has 1 atom stereocenters. The Labute approximate surface area is 124 Å². The Balaban J connectivity index is 2.58. The van der Waals surface area contributed by atoms with Gasteiger partial charge in [0.15, 0.2) is 0 Å². The molecular formula is C17H19ClFN. The van der Waals surface area contributed by atoms with Gasteiger partial charge in [-0.15, -0.1) is 0 Å². The number of hydrogen-bond acceptors (Lipinski definition) is 1. The second-order valence-corrected chi connectivity index (χ2v) is 5.59. The number of benzene rings is 2. The van der Waals surface area contributed by atoms with Crippen molar-refractivity contribution in [3.63, 3.8) is 0 Å². The average Bonchev–Trinajstić information content (AvgIpc) is 2.40. The molecule has 0 fully saturated rings. The van der Waals surface area contributed by atoms with Crippen molar-refractivity contribution in [2.75, 3.05) is 7.05 Å². The standard InChI is InChI=1S/C17H19ClFN/c1-10-5-6-13(19)9-15(10)17(20-4)14-7-12(3)16(18)8-11(14)2/h5-9,17,20H,1-4H3. The van der Waals surface area contributed by atoms with Gasteiger partial charge in [0, 0.05) is 5.02 Å². The van der Waals surface area contributed by atoms with Crippen LogP contribution in [0.3, 0.4) is 0 Å². The van der Waals surface area contributed by atoms with Gasteiger partial charge in [-0.25, -0.2) is 4.39 Å². The van der Waals surface area contributed by atoms with Crippen molar-refractivity contribution in [3.05, 3.63) is 69.0 Å². The summed E-state index contributed by atoms with van der Waals surface area (Å²) in [6.07, 6.45) is 0. The van der Waals surface area contributed by atoms with E-state index in [1.165, 1.54) is 6.07 Å². The highest BCUT2D eigenvalue weighted by Crippen LogP contribution is 2.30. The van der Waals surface area contributed by atoms with Gasteiger partial charge >= 0.3 is 0 Å². The lowest BCUT2D eigenvalue weighted by molar-refractivity contribution is 0.614. The first-order valence-electron chi connectivity index (χ1n) is 6.64. The first-order valence-corrected chi connectivity index (χ1v) is 7.01. The van der Waals surface area contributed by atoms with Crippen molar-refractivity contribution in [2.45, 2.75) is 26.8 Å². The van der Waals surface area contributed by atoms with Crippen LogP contribution in [-0.2, 0) is 0 Å². The molecule has 2 rings (SSSR count). The summed E-state index contributed by atoms with van der Waals surface area (Å²) in [5, 5.41) is 4.04. The maximum absolute atomic E-state index is 13.6. The van der Waals surface area contributed by atoms with Crippen LogP contribution in [0.25, 0.3) is 0 Å². The van der Waals surface area contributed by atoms with Crippen LogP contribution in [0.2, 0.25) is 5.02 Å². The minimum Gasteiger partial charge on any atom is -0.309 e. The molecule has 1 N–H and O–H groups in total. The molecule has 0 saturated heterocycles. The van der Waals surface area contributed by atoms with E-state index in [1.807, 2.05) is 40.0 Å². The Morgan fingerprint density at radius 2 is 1.60 bits per heavy atom. The van der Waals surface area contributed by atoms with Gasteiger partial charge in [-0.05, 0) is 73.8 Å². The fourth-order valence-corrected chi connectivity index (χ4v) is 2.73. The summed E-state index contributed by atoms with van der Waals surface area (Å²) in [6.45, 7) is 6.01. The third kappa shape index (κ3) is 2.87. The second kappa shape index (κ2) is 5.94. The molecule has 0 spiro atoms. The van der Waals surface area contributed by atoms with Crippen LogP contribution in [0.5, 0.6) is 0 Å². The highest BCUT2D eigenvalue weighted by molar-refractivity contribution is 6.31. The molecule has 0 saturated carbocycles. The van der Waals surface area contributed by atoms with E-state index in [0.29, 0.717) is 0 Å². The Bertz CT molecular complexity index is 637. The predicted molar refractivity (Wildman–Crippen MR) is 83.0 cm³/mol. The highest BCUT2D eigenvalue weighted by Gasteiger charge is 2.18. The Morgan fingerprint density at radius 3 is 2.25 bits per heavy atom. The number of rotatable bonds is 3. The largest absolute Gasteiger partial charge is 0.309 e. The van der Waals surface area contributed by atoms with E-state index in [0.717, 1.165) is 32.8 Å². The smallest absolute Gasteiger partial charge is 0.123 e. The van der Waals surface area contributed by atoms with Gasteiger partial charge in [0.2, 0.25) is 0 Å². The molecule has 0 aliphatic carbocycles. The van der Waals surface area contributed by atoms with Gasteiger partial charge in [0.1, 0.15) is 5.82 Å². The van der Waals surface area contributed by atoms with Gasteiger partial charge in [-0.1, -0.05) is 23.7 Å². The number of hydrogen-bond donors (Lipinski definition) is 1. The molecule has 0 amide bonds. The monoisotopic (exact) mass is 291 g/mol. The van der Waals surface area contributed by atoms with Crippen molar-refractivity contribution in [2.24, 2.45) is 0 Å². The molecule has 106 valence electrons. The summed E-state index contributed by atoms with van der Waals surface area (Å²) >= 11 is 6.16. The third-order valence-electron chi connectivity index (χ3n) is 3.70. The molecule has 20 heavy (non-hydrogen) atoms. The first-order chi connectivity index (χ1) is 9.43. The SMILES string of the molecule is CNC(c1cc(F)ccc1C)c1cc(C)c(Cl)cc1C. The van der Waals surface area contributed by atoms with Crippen molar-refractivity contribution in [3.8, 4) is 0 Å². The zero-order valence-electron chi connectivity index (χ0n) is 12.2. The first kappa shape index (κ1) is 15.0. The molecule has 0 heterocycles. The normalized spacial score (nSPS) is 12.5. The van der Waals surface area contributed by atoms with Crippen molar-refractivity contribution >= 4 is 11.6 Å². The van der Waals surface area contributed by atoms with Crippen LogP contribution in [-0.4, -0.2) is 7.05 Å². The fraction of sp³-hybridized carbons (Fsp3) is 0.294. The number of halogens is 2. The van der Waals surface area contributed by atoms with Gasteiger partial charge < -0.3 is 5.32 Å². The zero-order chi connectivity index (χ0) is 14.9. The molecule has 0 aromatic heterocycles. The Kier molecular flexibility index (Phi) is 4.46. The van der Waals surface area contributed by atoms with Crippen LogP contribution in [0.4, 0.5) is 4.39 Å². The summed E-state index contributed by atoms with van der Waals surface area (Å²) in [5.41, 5.74) is 5.28. The summed E-state index contributed by atoms with van der Waals surface area (Å²) < 4.78 is 13.6. The van der Waals surface area contributed by atoms with Crippen molar-refractivity contribution in [1.29, 1.82) is 0 Å². The fourth-order valence-electron chi connectivity index (χ4n) is 2.52.